The minimum absolute atomic E-state index is 0.109. The van der Waals surface area contributed by atoms with Gasteiger partial charge in [0.1, 0.15) is 5.69 Å². The summed E-state index contributed by atoms with van der Waals surface area (Å²) in [5, 5.41) is 3.00. The van der Waals surface area contributed by atoms with Gasteiger partial charge in [0, 0.05) is 21.2 Å². The molecule has 1 amide bonds. The van der Waals surface area contributed by atoms with Crippen LogP contribution in [-0.4, -0.2) is 10.5 Å². The predicted octanol–water partition coefficient (Wildman–Crippen LogP) is 5.46. The zero-order valence-corrected chi connectivity index (χ0v) is 15.7. The van der Waals surface area contributed by atoms with Crippen LogP contribution < -0.4 is 5.32 Å². The van der Waals surface area contributed by atoms with Crippen LogP contribution in [0.2, 0.25) is 0 Å². The number of halogens is 2. The van der Waals surface area contributed by atoms with Crippen LogP contribution in [0.4, 0.5) is 5.69 Å². The van der Waals surface area contributed by atoms with Crippen molar-refractivity contribution in [2.45, 2.75) is 33.7 Å². The van der Waals surface area contributed by atoms with Crippen LogP contribution >= 0.6 is 31.9 Å². The van der Waals surface area contributed by atoms with Crippen LogP contribution in [0, 0.1) is 13.8 Å². The fourth-order valence-electron chi connectivity index (χ4n) is 2.31. The lowest BCUT2D eigenvalue weighted by Crippen LogP contribution is -2.18. The highest BCUT2D eigenvalue weighted by Crippen LogP contribution is 2.29. The van der Waals surface area contributed by atoms with E-state index in [2.05, 4.69) is 57.1 Å². The average molecular weight is 414 g/mol. The maximum atomic E-state index is 12.6. The lowest BCUT2D eigenvalue weighted by Gasteiger charge is -2.15. The summed E-state index contributed by atoms with van der Waals surface area (Å²) in [6, 6.07) is 6.12. The van der Waals surface area contributed by atoms with E-state index in [-0.39, 0.29) is 11.9 Å². The van der Waals surface area contributed by atoms with Gasteiger partial charge in [-0.05, 0) is 82.8 Å². The Balaban J connectivity index is 2.35. The summed E-state index contributed by atoms with van der Waals surface area (Å²) < 4.78 is 3.76. The molecule has 1 heterocycles. The molecule has 21 heavy (non-hydrogen) atoms. The molecule has 0 aliphatic carbocycles. The molecule has 0 fully saturated rings. The van der Waals surface area contributed by atoms with E-state index in [9.17, 15) is 4.79 Å². The van der Waals surface area contributed by atoms with Crippen molar-refractivity contribution in [2.75, 3.05) is 5.32 Å². The Morgan fingerprint density at radius 2 is 1.86 bits per heavy atom. The van der Waals surface area contributed by atoms with Crippen molar-refractivity contribution in [1.29, 1.82) is 0 Å². The van der Waals surface area contributed by atoms with Gasteiger partial charge in [-0.2, -0.15) is 0 Å². The van der Waals surface area contributed by atoms with E-state index in [0.29, 0.717) is 5.69 Å². The van der Waals surface area contributed by atoms with E-state index in [4.69, 9.17) is 0 Å². The van der Waals surface area contributed by atoms with Crippen molar-refractivity contribution in [1.82, 2.24) is 4.57 Å². The molecule has 5 heteroatoms. The number of hydrogen-bond donors (Lipinski definition) is 1. The van der Waals surface area contributed by atoms with Crippen LogP contribution in [0.5, 0.6) is 0 Å². The summed E-state index contributed by atoms with van der Waals surface area (Å²) in [4.78, 5) is 12.6. The largest absolute Gasteiger partial charge is 0.340 e. The van der Waals surface area contributed by atoms with Crippen molar-refractivity contribution < 1.29 is 4.79 Å². The molecule has 0 radical (unpaired) electrons. The molecule has 0 unspecified atom stereocenters. The molecule has 0 aliphatic heterocycles. The second-order valence-electron chi connectivity index (χ2n) is 5.44. The average Bonchev–Trinajstić information content (AvgIpc) is 2.76. The monoisotopic (exact) mass is 412 g/mol. The first-order chi connectivity index (χ1) is 9.79. The molecule has 0 atom stereocenters. The van der Waals surface area contributed by atoms with E-state index in [1.807, 2.05) is 36.7 Å². The second-order valence-corrected chi connectivity index (χ2v) is 7.21. The number of benzene rings is 1. The van der Waals surface area contributed by atoms with Gasteiger partial charge >= 0.3 is 0 Å². The highest BCUT2D eigenvalue weighted by atomic mass is 79.9. The van der Waals surface area contributed by atoms with Gasteiger partial charge in [0.25, 0.3) is 5.91 Å². The van der Waals surface area contributed by atoms with E-state index < -0.39 is 0 Å². The molecule has 112 valence electrons. The zero-order chi connectivity index (χ0) is 15.7. The Kier molecular flexibility index (Phi) is 4.94. The van der Waals surface area contributed by atoms with Gasteiger partial charge in [0.2, 0.25) is 0 Å². The van der Waals surface area contributed by atoms with Crippen LogP contribution in [0.25, 0.3) is 0 Å². The lowest BCUT2D eigenvalue weighted by atomic mass is 10.1. The fraction of sp³-hybridized carbons (Fsp3) is 0.312. The van der Waals surface area contributed by atoms with Crippen molar-refractivity contribution in [2.24, 2.45) is 0 Å². The molecule has 0 aliphatic rings. The Morgan fingerprint density at radius 1 is 1.19 bits per heavy atom. The van der Waals surface area contributed by atoms with Crippen molar-refractivity contribution in [3.63, 3.8) is 0 Å². The number of amides is 1. The summed E-state index contributed by atoms with van der Waals surface area (Å²) in [6.07, 6.45) is 1.93. The predicted molar refractivity (Wildman–Crippen MR) is 94.1 cm³/mol. The number of aromatic nitrogens is 1. The summed E-state index contributed by atoms with van der Waals surface area (Å²) in [5.41, 5.74) is 3.66. The number of aryl methyl sites for hydroxylation is 2. The first-order valence-electron chi connectivity index (χ1n) is 6.75. The molecule has 2 aromatic rings. The number of nitrogens with one attached hydrogen (secondary N) is 1. The number of nitrogens with zero attached hydrogens (tertiary/aromatic N) is 1. The molecular formula is C16H18Br2N2O. The maximum Gasteiger partial charge on any atom is 0.272 e. The minimum atomic E-state index is -0.109. The number of anilines is 1. The van der Waals surface area contributed by atoms with Crippen molar-refractivity contribution >= 4 is 43.5 Å². The van der Waals surface area contributed by atoms with E-state index >= 15 is 0 Å². The highest BCUT2D eigenvalue weighted by Gasteiger charge is 2.17. The first-order valence-corrected chi connectivity index (χ1v) is 8.33. The summed E-state index contributed by atoms with van der Waals surface area (Å²) in [7, 11) is 0. The van der Waals surface area contributed by atoms with Gasteiger partial charge in [-0.25, -0.2) is 0 Å². The Bertz CT molecular complexity index is 667. The molecule has 3 nitrogen and oxygen atoms in total. The molecule has 1 aromatic carbocycles. The molecule has 2 rings (SSSR count). The molecule has 0 saturated carbocycles. The van der Waals surface area contributed by atoms with Gasteiger partial charge in [-0.3, -0.25) is 4.79 Å². The lowest BCUT2D eigenvalue weighted by molar-refractivity contribution is 0.101. The molecule has 0 spiro atoms. The second kappa shape index (κ2) is 6.36. The smallest absolute Gasteiger partial charge is 0.272 e. The summed E-state index contributed by atoms with van der Waals surface area (Å²) in [5.74, 6) is -0.109. The van der Waals surface area contributed by atoms with E-state index in [1.165, 1.54) is 0 Å². The summed E-state index contributed by atoms with van der Waals surface area (Å²) >= 11 is 6.95. The standard InChI is InChI=1S/C16H18Br2N2O/c1-9(2)20-8-12(17)7-14(20)16(21)19-15-11(4)5-10(3)6-13(15)18/h5-9H,1-4H3,(H,19,21). The van der Waals surface area contributed by atoms with Gasteiger partial charge in [-0.15, -0.1) is 0 Å². The van der Waals surface area contributed by atoms with Crippen LogP contribution in [0.1, 0.15) is 41.5 Å². The third kappa shape index (κ3) is 3.58. The molecule has 1 N–H and O–H groups in total. The van der Waals surface area contributed by atoms with Gasteiger partial charge in [0.05, 0.1) is 5.69 Å². The van der Waals surface area contributed by atoms with Crippen LogP contribution in [0.3, 0.4) is 0 Å². The normalized spacial score (nSPS) is 11.0. The Morgan fingerprint density at radius 3 is 2.43 bits per heavy atom. The third-order valence-corrected chi connectivity index (χ3v) is 4.33. The van der Waals surface area contributed by atoms with Gasteiger partial charge < -0.3 is 9.88 Å². The fourth-order valence-corrected chi connectivity index (χ4v) is 3.52. The zero-order valence-electron chi connectivity index (χ0n) is 12.5. The molecule has 0 saturated heterocycles. The molecule has 0 bridgehead atoms. The topological polar surface area (TPSA) is 34.0 Å². The number of hydrogen-bond acceptors (Lipinski definition) is 1. The molecule has 1 aromatic heterocycles. The first kappa shape index (κ1) is 16.3. The minimum Gasteiger partial charge on any atom is -0.340 e. The highest BCUT2D eigenvalue weighted by molar-refractivity contribution is 9.10. The van der Waals surface area contributed by atoms with E-state index in [1.54, 1.807) is 0 Å². The number of rotatable bonds is 3. The SMILES string of the molecule is Cc1cc(C)c(NC(=O)c2cc(Br)cn2C(C)C)c(Br)c1. The van der Waals surface area contributed by atoms with E-state index in [0.717, 1.165) is 25.8 Å². The van der Waals surface area contributed by atoms with Crippen molar-refractivity contribution in [3.8, 4) is 0 Å². The number of carbonyl (C=O) groups is 1. The summed E-state index contributed by atoms with van der Waals surface area (Å²) in [6.45, 7) is 8.13. The van der Waals surface area contributed by atoms with Gasteiger partial charge in [-0.1, -0.05) is 6.07 Å². The quantitative estimate of drug-likeness (QED) is 0.711. The Labute approximate surface area is 142 Å². The van der Waals surface area contributed by atoms with Gasteiger partial charge in [0.15, 0.2) is 0 Å². The maximum absolute atomic E-state index is 12.6. The molecular weight excluding hydrogens is 396 g/mol. The number of carbonyl (C=O) groups excluding carboxylic acids is 1. The van der Waals surface area contributed by atoms with Crippen LogP contribution in [0.15, 0.2) is 33.3 Å². The van der Waals surface area contributed by atoms with Crippen LogP contribution in [-0.2, 0) is 0 Å². The Hall–Kier alpha value is -1.07. The third-order valence-electron chi connectivity index (χ3n) is 3.27. The van der Waals surface area contributed by atoms with Crippen molar-refractivity contribution in [3.05, 3.63) is 50.2 Å².